The molecule has 1 nitrogen and oxygen atoms in total. The second-order valence-corrected chi connectivity index (χ2v) is 7.74. The Labute approximate surface area is 109 Å². The van der Waals surface area contributed by atoms with Gasteiger partial charge in [0, 0.05) is 22.1 Å². The summed E-state index contributed by atoms with van der Waals surface area (Å²) < 4.78 is 1.41. The van der Waals surface area contributed by atoms with Crippen molar-refractivity contribution in [2.45, 2.75) is 23.3 Å². The Morgan fingerprint density at radius 1 is 1.06 bits per heavy atom. The quantitative estimate of drug-likeness (QED) is 0.782. The molecule has 0 aliphatic carbocycles. The van der Waals surface area contributed by atoms with Gasteiger partial charge in [-0.05, 0) is 24.3 Å². The topological polar surface area (TPSA) is 12.0 Å². The summed E-state index contributed by atoms with van der Waals surface area (Å²) in [5, 5.41) is 5.05. The van der Waals surface area contributed by atoms with Gasteiger partial charge in [-0.15, -0.1) is 34.4 Å². The van der Waals surface area contributed by atoms with Gasteiger partial charge in [0.15, 0.2) is 0 Å². The van der Waals surface area contributed by atoms with Crippen LogP contribution in [0.2, 0.25) is 0 Å². The molecule has 0 unspecified atom stereocenters. The molecule has 2 aromatic rings. The molecule has 86 valence electrons. The predicted molar refractivity (Wildman–Crippen MR) is 78.2 cm³/mol. The van der Waals surface area contributed by atoms with E-state index in [1.165, 1.54) is 19.0 Å². The fourth-order valence-electron chi connectivity index (χ4n) is 1.35. The van der Waals surface area contributed by atoms with E-state index in [0.29, 0.717) is 5.25 Å². The Hall–Kier alpha value is -0.450. The molecule has 2 heterocycles. The third-order valence-electron chi connectivity index (χ3n) is 2.03. The molecule has 16 heavy (non-hydrogen) atoms. The minimum Gasteiger partial charge on any atom is -0.380 e. The second kappa shape index (κ2) is 5.25. The van der Waals surface area contributed by atoms with Crippen molar-refractivity contribution in [3.8, 4) is 9.75 Å². The number of hydrogen-bond acceptors (Lipinski definition) is 4. The Morgan fingerprint density at radius 2 is 1.75 bits per heavy atom. The molecule has 0 radical (unpaired) electrons. The standard InChI is InChI=1S/C12H15NS3/c1-8(2)14-12-7-5-10(16-12)9-4-6-11(13-3)15-9/h4-8,13H,1-3H3. The summed E-state index contributed by atoms with van der Waals surface area (Å²) in [5.41, 5.74) is 0. The third-order valence-corrected chi connectivity index (χ3v) is 5.59. The van der Waals surface area contributed by atoms with Crippen LogP contribution in [0, 0.1) is 0 Å². The van der Waals surface area contributed by atoms with E-state index in [4.69, 9.17) is 0 Å². The average Bonchev–Trinajstić information content (AvgIpc) is 2.83. The van der Waals surface area contributed by atoms with Crippen LogP contribution in [0.1, 0.15) is 13.8 Å². The van der Waals surface area contributed by atoms with Gasteiger partial charge in [-0.3, -0.25) is 0 Å². The molecule has 1 N–H and O–H groups in total. The van der Waals surface area contributed by atoms with Gasteiger partial charge in [0.25, 0.3) is 0 Å². The third kappa shape index (κ3) is 2.81. The highest BCUT2D eigenvalue weighted by atomic mass is 32.2. The van der Waals surface area contributed by atoms with Crippen LogP contribution in [0.3, 0.4) is 0 Å². The van der Waals surface area contributed by atoms with Crippen molar-refractivity contribution in [3.05, 3.63) is 24.3 Å². The van der Waals surface area contributed by atoms with Crippen molar-refractivity contribution in [2.24, 2.45) is 0 Å². The largest absolute Gasteiger partial charge is 0.380 e. The summed E-state index contributed by atoms with van der Waals surface area (Å²) in [7, 11) is 1.96. The molecule has 0 bridgehead atoms. The Morgan fingerprint density at radius 3 is 2.38 bits per heavy atom. The van der Waals surface area contributed by atoms with Crippen LogP contribution in [0.25, 0.3) is 9.75 Å². The minimum absolute atomic E-state index is 0.655. The van der Waals surface area contributed by atoms with Gasteiger partial charge < -0.3 is 5.32 Å². The van der Waals surface area contributed by atoms with Crippen molar-refractivity contribution in [1.82, 2.24) is 0 Å². The number of thiophene rings is 2. The Balaban J connectivity index is 2.17. The summed E-state index contributed by atoms with van der Waals surface area (Å²) >= 11 is 5.63. The smallest absolute Gasteiger partial charge is 0.0886 e. The van der Waals surface area contributed by atoms with E-state index >= 15 is 0 Å². The van der Waals surface area contributed by atoms with Crippen LogP contribution < -0.4 is 5.32 Å². The van der Waals surface area contributed by atoms with E-state index in [-0.39, 0.29) is 0 Å². The van der Waals surface area contributed by atoms with Gasteiger partial charge in [0.1, 0.15) is 0 Å². The van der Waals surface area contributed by atoms with Crippen molar-refractivity contribution >= 4 is 39.4 Å². The van der Waals surface area contributed by atoms with Crippen molar-refractivity contribution in [1.29, 1.82) is 0 Å². The molecule has 0 spiro atoms. The van der Waals surface area contributed by atoms with Gasteiger partial charge in [0.05, 0.1) is 9.21 Å². The molecule has 4 heteroatoms. The first-order valence-electron chi connectivity index (χ1n) is 5.23. The molecule has 0 aliphatic heterocycles. The number of nitrogens with one attached hydrogen (secondary N) is 1. The predicted octanol–water partition coefficient (Wildman–Crippen LogP) is 5.02. The lowest BCUT2D eigenvalue weighted by Crippen LogP contribution is -1.81. The molecule has 0 amide bonds. The monoisotopic (exact) mass is 269 g/mol. The molecule has 0 aromatic carbocycles. The van der Waals surface area contributed by atoms with Gasteiger partial charge in [-0.1, -0.05) is 13.8 Å². The maximum Gasteiger partial charge on any atom is 0.0886 e. The second-order valence-electron chi connectivity index (χ2n) is 3.70. The maximum atomic E-state index is 3.17. The zero-order valence-corrected chi connectivity index (χ0v) is 12.1. The molecular weight excluding hydrogens is 254 g/mol. The van der Waals surface area contributed by atoms with Gasteiger partial charge in [-0.2, -0.15) is 0 Å². The van der Waals surface area contributed by atoms with E-state index in [1.54, 1.807) is 0 Å². The fraction of sp³-hybridized carbons (Fsp3) is 0.333. The number of thioether (sulfide) groups is 1. The first kappa shape index (κ1) is 12.0. The van der Waals surface area contributed by atoms with Crippen LogP contribution >= 0.6 is 34.4 Å². The lowest BCUT2D eigenvalue weighted by Gasteiger charge is -1.99. The summed E-state index contributed by atoms with van der Waals surface area (Å²) in [5.74, 6) is 0. The molecule has 0 fully saturated rings. The Kier molecular flexibility index (Phi) is 3.95. The SMILES string of the molecule is CNc1ccc(-c2ccc(SC(C)C)s2)s1. The van der Waals surface area contributed by atoms with Crippen molar-refractivity contribution in [2.75, 3.05) is 12.4 Å². The number of hydrogen-bond donors (Lipinski definition) is 1. The number of rotatable bonds is 4. The number of anilines is 1. The van der Waals surface area contributed by atoms with E-state index < -0.39 is 0 Å². The van der Waals surface area contributed by atoms with Crippen LogP contribution in [0.4, 0.5) is 5.00 Å². The first-order valence-corrected chi connectivity index (χ1v) is 7.75. The van der Waals surface area contributed by atoms with Crippen molar-refractivity contribution < 1.29 is 0 Å². The molecule has 0 saturated heterocycles. The van der Waals surface area contributed by atoms with Crippen LogP contribution in [-0.2, 0) is 0 Å². The summed E-state index contributed by atoms with van der Waals surface area (Å²) in [6, 6.07) is 8.77. The average molecular weight is 269 g/mol. The van der Waals surface area contributed by atoms with Gasteiger partial charge in [-0.25, -0.2) is 0 Å². The van der Waals surface area contributed by atoms with Gasteiger partial charge >= 0.3 is 0 Å². The molecule has 2 aromatic heterocycles. The molecular formula is C12H15NS3. The zero-order valence-electron chi connectivity index (χ0n) is 9.61. The fourth-order valence-corrected chi connectivity index (χ4v) is 4.69. The van der Waals surface area contributed by atoms with E-state index in [1.807, 2.05) is 41.5 Å². The van der Waals surface area contributed by atoms with Gasteiger partial charge in [0.2, 0.25) is 0 Å². The lowest BCUT2D eigenvalue weighted by molar-refractivity contribution is 1.11. The zero-order chi connectivity index (χ0) is 11.5. The van der Waals surface area contributed by atoms with Crippen LogP contribution in [0.15, 0.2) is 28.5 Å². The highest BCUT2D eigenvalue weighted by Gasteiger charge is 2.07. The molecule has 2 rings (SSSR count). The van der Waals surface area contributed by atoms with E-state index in [9.17, 15) is 0 Å². The first-order chi connectivity index (χ1) is 7.69. The van der Waals surface area contributed by atoms with Crippen molar-refractivity contribution in [3.63, 3.8) is 0 Å². The Bertz CT molecular complexity index is 456. The lowest BCUT2D eigenvalue weighted by atomic mass is 10.4. The molecule has 0 aliphatic rings. The highest BCUT2D eigenvalue weighted by Crippen LogP contribution is 2.39. The van der Waals surface area contributed by atoms with E-state index in [0.717, 1.165) is 0 Å². The summed E-state index contributed by atoms with van der Waals surface area (Å²) in [6.45, 7) is 4.46. The molecule has 0 saturated carbocycles. The minimum atomic E-state index is 0.655. The van der Waals surface area contributed by atoms with Crippen LogP contribution in [0.5, 0.6) is 0 Å². The summed E-state index contributed by atoms with van der Waals surface area (Å²) in [6.07, 6.45) is 0. The maximum absolute atomic E-state index is 3.17. The molecule has 0 atom stereocenters. The highest BCUT2D eigenvalue weighted by molar-refractivity contribution is 8.01. The normalized spacial score (nSPS) is 11.0. The van der Waals surface area contributed by atoms with E-state index in [2.05, 4.69) is 43.4 Å². The van der Waals surface area contributed by atoms with Crippen LogP contribution in [-0.4, -0.2) is 12.3 Å². The summed E-state index contributed by atoms with van der Waals surface area (Å²) in [4.78, 5) is 2.72.